The first-order valence-corrected chi connectivity index (χ1v) is 10.5. The molecule has 3 aromatic carbocycles. The Kier molecular flexibility index (Phi) is 6.31. The van der Waals surface area contributed by atoms with Crippen molar-refractivity contribution in [2.75, 3.05) is 11.9 Å². The van der Waals surface area contributed by atoms with Crippen LogP contribution in [0.25, 0.3) is 0 Å². The van der Waals surface area contributed by atoms with Gasteiger partial charge in [-0.25, -0.2) is 4.79 Å². The van der Waals surface area contributed by atoms with Gasteiger partial charge in [-0.15, -0.1) is 0 Å². The van der Waals surface area contributed by atoms with Crippen LogP contribution in [-0.2, 0) is 20.7 Å². The maximum absolute atomic E-state index is 13.0. The summed E-state index contributed by atoms with van der Waals surface area (Å²) in [6.45, 7) is 1.39. The summed E-state index contributed by atoms with van der Waals surface area (Å²) in [6, 6.07) is 21.4. The highest BCUT2D eigenvalue weighted by Gasteiger charge is 2.43. The van der Waals surface area contributed by atoms with E-state index in [0.29, 0.717) is 5.69 Å². The Morgan fingerprint density at radius 2 is 1.42 bits per heavy atom. The maximum Gasteiger partial charge on any atom is 0.330 e. The van der Waals surface area contributed by atoms with Gasteiger partial charge in [-0.2, -0.15) is 0 Å². The van der Waals surface area contributed by atoms with Crippen LogP contribution in [0.2, 0.25) is 0 Å². The number of rotatable bonds is 7. The molecule has 1 N–H and O–H groups in total. The SMILES string of the molecule is Cc1ccc(NC(=O)COC(=O)C(Cc2ccccc2)N2C(=O)c3ccccc3C2=O)cc1. The van der Waals surface area contributed by atoms with E-state index < -0.39 is 36.3 Å². The topological polar surface area (TPSA) is 92.8 Å². The minimum Gasteiger partial charge on any atom is -0.454 e. The number of fused-ring (bicyclic) bond motifs is 1. The minimum atomic E-state index is -1.20. The number of imide groups is 1. The maximum atomic E-state index is 13.0. The van der Waals surface area contributed by atoms with Crippen LogP contribution in [0, 0.1) is 6.92 Å². The van der Waals surface area contributed by atoms with Crippen molar-refractivity contribution in [2.45, 2.75) is 19.4 Å². The van der Waals surface area contributed by atoms with E-state index in [4.69, 9.17) is 4.74 Å². The molecule has 7 heteroatoms. The molecular formula is C26H22N2O5. The van der Waals surface area contributed by atoms with E-state index in [1.807, 2.05) is 25.1 Å². The highest BCUT2D eigenvalue weighted by Crippen LogP contribution is 2.26. The zero-order valence-electron chi connectivity index (χ0n) is 18.0. The number of carbonyl (C=O) groups excluding carboxylic acids is 4. The molecule has 4 rings (SSSR count). The fourth-order valence-electron chi connectivity index (χ4n) is 3.68. The van der Waals surface area contributed by atoms with Crippen molar-refractivity contribution in [2.24, 2.45) is 0 Å². The van der Waals surface area contributed by atoms with E-state index in [9.17, 15) is 19.2 Å². The Hall–Kier alpha value is -4.26. The quantitative estimate of drug-likeness (QED) is 0.447. The molecule has 0 saturated heterocycles. The van der Waals surface area contributed by atoms with Crippen molar-refractivity contribution >= 4 is 29.4 Å². The van der Waals surface area contributed by atoms with Gasteiger partial charge < -0.3 is 10.1 Å². The van der Waals surface area contributed by atoms with Gasteiger partial charge in [-0.1, -0.05) is 60.2 Å². The summed E-state index contributed by atoms with van der Waals surface area (Å²) in [6.07, 6.45) is 0.0741. The third-order valence-corrected chi connectivity index (χ3v) is 5.36. The lowest BCUT2D eigenvalue weighted by Gasteiger charge is -2.24. The number of nitrogens with one attached hydrogen (secondary N) is 1. The number of nitrogens with zero attached hydrogens (tertiary/aromatic N) is 1. The lowest BCUT2D eigenvalue weighted by molar-refractivity contribution is -0.151. The number of hydrogen-bond acceptors (Lipinski definition) is 5. The molecule has 166 valence electrons. The van der Waals surface area contributed by atoms with Crippen molar-refractivity contribution < 1.29 is 23.9 Å². The molecule has 0 saturated carbocycles. The summed E-state index contributed by atoms with van der Waals surface area (Å²) in [5, 5.41) is 2.65. The molecule has 0 aliphatic carbocycles. The fourth-order valence-corrected chi connectivity index (χ4v) is 3.68. The van der Waals surface area contributed by atoms with Crippen LogP contribution in [-0.4, -0.2) is 41.2 Å². The minimum absolute atomic E-state index is 0.0741. The number of hydrogen-bond donors (Lipinski definition) is 1. The van der Waals surface area contributed by atoms with Crippen LogP contribution in [0.3, 0.4) is 0 Å². The number of benzene rings is 3. The number of esters is 1. The van der Waals surface area contributed by atoms with Crippen LogP contribution in [0.5, 0.6) is 0 Å². The van der Waals surface area contributed by atoms with Gasteiger partial charge in [0.05, 0.1) is 11.1 Å². The Labute approximate surface area is 191 Å². The summed E-state index contributed by atoms with van der Waals surface area (Å²) < 4.78 is 5.24. The predicted octanol–water partition coefficient (Wildman–Crippen LogP) is 3.38. The van der Waals surface area contributed by atoms with Crippen LogP contribution < -0.4 is 5.32 Å². The lowest BCUT2D eigenvalue weighted by Crippen LogP contribution is -2.47. The third-order valence-electron chi connectivity index (χ3n) is 5.36. The third kappa shape index (κ3) is 4.82. The summed E-state index contributed by atoms with van der Waals surface area (Å²) in [7, 11) is 0. The molecular weight excluding hydrogens is 420 g/mol. The van der Waals surface area contributed by atoms with Gasteiger partial charge in [0.1, 0.15) is 6.04 Å². The average Bonchev–Trinajstić information content (AvgIpc) is 3.08. The van der Waals surface area contributed by atoms with Crippen molar-refractivity contribution in [3.05, 3.63) is 101 Å². The Balaban J connectivity index is 1.50. The molecule has 7 nitrogen and oxygen atoms in total. The van der Waals surface area contributed by atoms with Gasteiger partial charge >= 0.3 is 5.97 Å². The number of amides is 3. The van der Waals surface area contributed by atoms with Gasteiger partial charge in [0, 0.05) is 12.1 Å². The molecule has 33 heavy (non-hydrogen) atoms. The second-order valence-electron chi connectivity index (χ2n) is 7.75. The molecule has 0 bridgehead atoms. The van der Waals surface area contributed by atoms with Crippen molar-refractivity contribution in [1.82, 2.24) is 4.90 Å². The molecule has 1 unspecified atom stereocenters. The summed E-state index contributed by atoms with van der Waals surface area (Å²) in [5.41, 5.74) is 2.85. The first-order valence-electron chi connectivity index (χ1n) is 10.5. The van der Waals surface area contributed by atoms with E-state index >= 15 is 0 Å². The van der Waals surface area contributed by atoms with E-state index in [0.717, 1.165) is 16.0 Å². The van der Waals surface area contributed by atoms with E-state index in [2.05, 4.69) is 5.32 Å². The molecule has 1 heterocycles. The number of carbonyl (C=O) groups is 4. The number of aryl methyl sites for hydroxylation is 1. The first-order chi connectivity index (χ1) is 15.9. The van der Waals surface area contributed by atoms with E-state index in [1.54, 1.807) is 60.7 Å². The largest absolute Gasteiger partial charge is 0.454 e. The van der Waals surface area contributed by atoms with Gasteiger partial charge in [0.25, 0.3) is 17.7 Å². The predicted molar refractivity (Wildman–Crippen MR) is 122 cm³/mol. The molecule has 3 amide bonds. The second-order valence-corrected chi connectivity index (χ2v) is 7.75. The highest BCUT2D eigenvalue weighted by atomic mass is 16.5. The molecule has 1 aliphatic rings. The molecule has 1 atom stereocenters. The molecule has 3 aromatic rings. The van der Waals surface area contributed by atoms with Crippen LogP contribution >= 0.6 is 0 Å². The van der Waals surface area contributed by atoms with Crippen LogP contribution in [0.1, 0.15) is 31.8 Å². The van der Waals surface area contributed by atoms with E-state index in [1.165, 1.54) is 0 Å². The standard InChI is InChI=1S/C26H22N2O5/c1-17-11-13-19(14-12-17)27-23(29)16-33-26(32)22(15-18-7-3-2-4-8-18)28-24(30)20-9-5-6-10-21(20)25(28)31/h2-14,22H,15-16H2,1H3,(H,27,29). The Bertz CT molecular complexity index is 1170. The number of ether oxygens (including phenoxy) is 1. The average molecular weight is 442 g/mol. The van der Waals surface area contributed by atoms with Crippen LogP contribution in [0.4, 0.5) is 5.69 Å². The van der Waals surface area contributed by atoms with Crippen molar-refractivity contribution in [3.63, 3.8) is 0 Å². The fraction of sp³-hybridized carbons (Fsp3) is 0.154. The summed E-state index contributed by atoms with van der Waals surface area (Å²) in [4.78, 5) is 52.2. The normalized spacial score (nSPS) is 13.4. The summed E-state index contributed by atoms with van der Waals surface area (Å²) in [5.74, 6) is -2.46. The molecule has 0 fully saturated rings. The summed E-state index contributed by atoms with van der Waals surface area (Å²) >= 11 is 0. The number of anilines is 1. The molecule has 1 aliphatic heterocycles. The zero-order chi connectivity index (χ0) is 23.4. The van der Waals surface area contributed by atoms with Crippen molar-refractivity contribution in [1.29, 1.82) is 0 Å². The highest BCUT2D eigenvalue weighted by molar-refractivity contribution is 6.22. The second kappa shape index (κ2) is 9.48. The Morgan fingerprint density at radius 1 is 0.848 bits per heavy atom. The van der Waals surface area contributed by atoms with Crippen LogP contribution in [0.15, 0.2) is 78.9 Å². The molecule has 0 radical (unpaired) electrons. The van der Waals surface area contributed by atoms with Gasteiger partial charge in [-0.3, -0.25) is 19.3 Å². The van der Waals surface area contributed by atoms with Gasteiger partial charge in [0.15, 0.2) is 6.61 Å². The van der Waals surface area contributed by atoms with E-state index in [-0.39, 0.29) is 17.5 Å². The molecule has 0 spiro atoms. The van der Waals surface area contributed by atoms with Crippen molar-refractivity contribution in [3.8, 4) is 0 Å². The Morgan fingerprint density at radius 3 is 2.03 bits per heavy atom. The molecule has 0 aromatic heterocycles. The zero-order valence-corrected chi connectivity index (χ0v) is 18.0. The smallest absolute Gasteiger partial charge is 0.330 e. The first kappa shape index (κ1) is 22.0. The monoisotopic (exact) mass is 442 g/mol. The lowest BCUT2D eigenvalue weighted by atomic mass is 10.0. The van der Waals surface area contributed by atoms with Gasteiger partial charge in [0.2, 0.25) is 0 Å². The van der Waals surface area contributed by atoms with Gasteiger partial charge in [-0.05, 0) is 36.8 Å².